The molecule has 0 heterocycles. The number of quaternary nitrogens is 1. The van der Waals surface area contributed by atoms with Crippen molar-refractivity contribution in [2.75, 3.05) is 0 Å². The predicted molar refractivity (Wildman–Crippen MR) is 47.5 cm³/mol. The topological polar surface area (TPSA) is 108 Å². The van der Waals surface area contributed by atoms with Gasteiger partial charge in [-0.1, -0.05) is 6.92 Å². The van der Waals surface area contributed by atoms with Gasteiger partial charge in [0.15, 0.2) is 0 Å². The molecule has 3 N–H and O–H groups in total. The maximum Gasteiger partial charge on any atom is 1.00 e. The van der Waals surface area contributed by atoms with Crippen LogP contribution in [0.3, 0.4) is 0 Å². The third-order valence-electron chi connectivity index (χ3n) is 1.31. The van der Waals surface area contributed by atoms with Crippen LogP contribution in [0.25, 0.3) is 0 Å². The van der Waals surface area contributed by atoms with E-state index in [1.807, 2.05) is 0 Å². The normalized spacial score (nSPS) is 10.6. The number of hydrogen-bond acceptors (Lipinski definition) is 4. The molecule has 0 saturated heterocycles. The molecule has 0 rings (SSSR count). The first-order valence-electron chi connectivity index (χ1n) is 4.14. The lowest BCUT2D eigenvalue weighted by Crippen LogP contribution is -2.68. The number of rotatable bonds is 3. The molecule has 0 unspecified atom stereocenters. The van der Waals surface area contributed by atoms with Gasteiger partial charge in [-0.2, -0.15) is 0 Å². The fraction of sp³-hybridized carbons (Fsp3) is 0.556. The Kier molecular flexibility index (Phi) is 7.65. The van der Waals surface area contributed by atoms with Crippen molar-refractivity contribution in [1.29, 1.82) is 0 Å². The lowest BCUT2D eigenvalue weighted by atomic mass is 10.1. The molecule has 0 aliphatic carbocycles. The summed E-state index contributed by atoms with van der Waals surface area (Å²) in [6, 6.07) is 0. The molecule has 0 fully saturated rings. The van der Waals surface area contributed by atoms with E-state index >= 15 is 0 Å². The Morgan fingerprint density at radius 3 is 1.57 bits per heavy atom. The van der Waals surface area contributed by atoms with Crippen molar-refractivity contribution in [3.63, 3.8) is 0 Å². The summed E-state index contributed by atoms with van der Waals surface area (Å²) in [4.78, 5) is 18.8. The Hall–Kier alpha value is -1.36. The second kappa shape index (κ2) is 7.08. The van der Waals surface area contributed by atoms with Gasteiger partial charge in [0.25, 0.3) is 0 Å². The number of carbonyl (C=O) groups excluding carboxylic acids is 2. The number of carbonyl (C=O) groups is 2. The zero-order chi connectivity index (χ0) is 11.8. The fourth-order valence-electron chi connectivity index (χ4n) is 0.136. The van der Waals surface area contributed by atoms with E-state index in [-0.39, 0.29) is 1.43 Å². The highest BCUT2D eigenvalue weighted by Crippen LogP contribution is 1.96. The highest BCUT2D eigenvalue weighted by molar-refractivity contribution is 5.87. The van der Waals surface area contributed by atoms with E-state index in [0.717, 1.165) is 6.42 Å². The molecular weight excluding hydrogens is 186 g/mol. The van der Waals surface area contributed by atoms with Crippen LogP contribution >= 0.6 is 0 Å². The average molecular weight is 203 g/mol. The van der Waals surface area contributed by atoms with E-state index in [4.69, 9.17) is 0 Å². The van der Waals surface area contributed by atoms with Gasteiger partial charge in [-0.15, -0.1) is 0 Å². The minimum atomic E-state index is -1.55. The van der Waals surface area contributed by atoms with Crippen LogP contribution in [0.15, 0.2) is 12.2 Å². The molecule has 0 saturated carbocycles. The van der Waals surface area contributed by atoms with Gasteiger partial charge < -0.3 is 25.5 Å². The summed E-state index contributed by atoms with van der Waals surface area (Å²) in [6.45, 7) is 6.41. The third kappa shape index (κ3) is 22.4. The van der Waals surface area contributed by atoms with Crippen LogP contribution in [0.4, 0.5) is 0 Å². The minimum Gasteiger partial charge on any atom is -0.545 e. The molecule has 5 heteroatoms. The van der Waals surface area contributed by atoms with Crippen LogP contribution < -0.4 is 15.9 Å². The molecule has 0 aromatic rings. The lowest BCUT2D eigenvalue weighted by molar-refractivity contribution is -0.466. The van der Waals surface area contributed by atoms with Crippen LogP contribution in [0.2, 0.25) is 0 Å². The number of carboxylic acids is 2. The van der Waals surface area contributed by atoms with Gasteiger partial charge >= 0.3 is 1.43 Å². The van der Waals surface area contributed by atoms with Gasteiger partial charge in [0, 0.05) is 0 Å². The van der Waals surface area contributed by atoms with Crippen molar-refractivity contribution in [3.8, 4) is 0 Å². The van der Waals surface area contributed by atoms with Crippen molar-refractivity contribution in [1.82, 2.24) is 0 Å². The van der Waals surface area contributed by atoms with Crippen LogP contribution in [0.1, 0.15) is 28.6 Å². The number of aliphatic carboxylic acids is 2. The second-order valence-electron chi connectivity index (χ2n) is 3.49. The summed E-state index contributed by atoms with van der Waals surface area (Å²) in [7, 11) is 0. The molecule has 0 aliphatic rings. The molecule has 14 heavy (non-hydrogen) atoms. The molecule has 0 aromatic carbocycles. The zero-order valence-corrected chi connectivity index (χ0v) is 8.70. The summed E-state index contributed by atoms with van der Waals surface area (Å²) >= 11 is 0. The van der Waals surface area contributed by atoms with E-state index in [2.05, 4.69) is 26.5 Å². The monoisotopic (exact) mass is 203 g/mol. The van der Waals surface area contributed by atoms with Gasteiger partial charge in [0.05, 0.1) is 17.5 Å². The molecule has 0 aliphatic heterocycles. The van der Waals surface area contributed by atoms with Crippen molar-refractivity contribution in [2.24, 2.45) is 0 Å². The summed E-state index contributed by atoms with van der Waals surface area (Å²) in [5.74, 6) is -3.09. The average Bonchev–Trinajstić information content (AvgIpc) is 2.01. The molecule has 0 spiro atoms. The SMILES string of the molecule is CCC(C)(C)[NH3+].O=C([O-])/C=C/C(=O)[O-].[H+]. The van der Waals surface area contributed by atoms with Crippen molar-refractivity contribution in [2.45, 2.75) is 32.7 Å². The number of carboxylic acid groups (broad SMARTS) is 2. The van der Waals surface area contributed by atoms with E-state index in [1.54, 1.807) is 0 Å². The van der Waals surface area contributed by atoms with E-state index in [1.165, 1.54) is 0 Å². The molecule has 0 atom stereocenters. The van der Waals surface area contributed by atoms with Gasteiger partial charge in [-0.3, -0.25) is 0 Å². The van der Waals surface area contributed by atoms with Crippen LogP contribution in [0.5, 0.6) is 0 Å². The molecule has 5 nitrogen and oxygen atoms in total. The fourth-order valence-corrected chi connectivity index (χ4v) is 0.136. The summed E-state index contributed by atoms with van der Waals surface area (Å²) in [5, 5.41) is 18.8. The first kappa shape index (κ1) is 15.1. The standard InChI is InChI=1S/C5H13N.C4H4O4/c1-4-5(2,3)6;5-3(6)1-2-4(7)8/h4,6H2,1-3H3;1-2H,(H,5,6)(H,7,8)/b;2-1+. The minimum absolute atomic E-state index is 0. The van der Waals surface area contributed by atoms with Gasteiger partial charge in [-0.25, -0.2) is 0 Å². The maximum atomic E-state index is 9.41. The maximum absolute atomic E-state index is 9.41. The zero-order valence-electron chi connectivity index (χ0n) is 9.70. The van der Waals surface area contributed by atoms with Crippen LogP contribution in [0, 0.1) is 0 Å². The van der Waals surface area contributed by atoms with Crippen LogP contribution in [-0.4, -0.2) is 17.5 Å². The molecule has 82 valence electrons. The predicted octanol–water partition coefficient (Wildman–Crippen LogP) is -2.43. The molecule has 0 amide bonds. The summed E-state index contributed by atoms with van der Waals surface area (Å²) < 4.78 is 0. The van der Waals surface area contributed by atoms with Gasteiger partial charge in [0.1, 0.15) is 0 Å². The van der Waals surface area contributed by atoms with Crippen molar-refractivity contribution >= 4 is 11.9 Å². The lowest BCUT2D eigenvalue weighted by Gasteiger charge is -2.08. The molecule has 0 radical (unpaired) electrons. The van der Waals surface area contributed by atoms with Gasteiger partial charge in [0.2, 0.25) is 0 Å². The Bertz CT molecular complexity index is 205. The first-order chi connectivity index (χ1) is 6.19. The second-order valence-corrected chi connectivity index (χ2v) is 3.49. The van der Waals surface area contributed by atoms with Crippen molar-refractivity contribution < 1.29 is 27.0 Å². The Morgan fingerprint density at radius 2 is 1.50 bits per heavy atom. The molecule has 0 aromatic heterocycles. The van der Waals surface area contributed by atoms with E-state index < -0.39 is 11.9 Å². The Labute approximate surface area is 84.7 Å². The Balaban J connectivity index is -0.000000187. The third-order valence-corrected chi connectivity index (χ3v) is 1.31. The highest BCUT2D eigenvalue weighted by atomic mass is 16.4. The van der Waals surface area contributed by atoms with Crippen molar-refractivity contribution in [3.05, 3.63) is 12.2 Å². The quantitative estimate of drug-likeness (QED) is 0.514. The molecule has 0 bridgehead atoms. The van der Waals surface area contributed by atoms with E-state index in [0.29, 0.717) is 17.7 Å². The number of hydrogen-bond donors (Lipinski definition) is 1. The van der Waals surface area contributed by atoms with Crippen LogP contribution in [-0.2, 0) is 9.59 Å². The van der Waals surface area contributed by atoms with Gasteiger partial charge in [-0.05, 0) is 32.4 Å². The summed E-state index contributed by atoms with van der Waals surface area (Å²) in [6.07, 6.45) is 1.93. The molecular formula is C9H17NO4. The highest BCUT2D eigenvalue weighted by Gasteiger charge is 2.08. The first-order valence-corrected chi connectivity index (χ1v) is 4.14. The van der Waals surface area contributed by atoms with E-state index in [9.17, 15) is 19.8 Å². The largest absolute Gasteiger partial charge is 1.00 e. The summed E-state index contributed by atoms with van der Waals surface area (Å²) in [5.41, 5.74) is 4.18. The Morgan fingerprint density at radius 1 is 1.29 bits per heavy atom. The smallest absolute Gasteiger partial charge is 0.545 e.